The lowest BCUT2D eigenvalue weighted by Gasteiger charge is -2.25. The van der Waals surface area contributed by atoms with Gasteiger partial charge in [0.05, 0.1) is 25.1 Å². The fourth-order valence-corrected chi connectivity index (χ4v) is 2.08. The Kier molecular flexibility index (Phi) is 3.30. The number of pyridine rings is 1. The first-order chi connectivity index (χ1) is 10.0. The first kappa shape index (κ1) is 13.5. The van der Waals surface area contributed by atoms with Gasteiger partial charge in [0, 0.05) is 18.8 Å². The van der Waals surface area contributed by atoms with Crippen molar-refractivity contribution in [1.29, 1.82) is 0 Å². The summed E-state index contributed by atoms with van der Waals surface area (Å²) in [5, 5.41) is 10.5. The molecule has 21 heavy (non-hydrogen) atoms. The van der Waals surface area contributed by atoms with E-state index in [0.717, 1.165) is 0 Å². The van der Waals surface area contributed by atoms with Crippen LogP contribution in [-0.4, -0.2) is 38.7 Å². The molecule has 3 rings (SSSR count). The summed E-state index contributed by atoms with van der Waals surface area (Å²) in [5.74, 6) is -0.362. The van der Waals surface area contributed by atoms with Crippen LogP contribution in [0.3, 0.4) is 0 Å². The molecule has 0 spiro atoms. The summed E-state index contributed by atoms with van der Waals surface area (Å²) in [6, 6.07) is 1.78. The number of aryl methyl sites for hydroxylation is 2. The Balaban J connectivity index is 1.76. The predicted octanol–water partition coefficient (Wildman–Crippen LogP) is 0.109. The zero-order valence-electron chi connectivity index (χ0n) is 11.7. The molecule has 2 aromatic rings. The average molecular weight is 289 g/mol. The molecule has 1 aliphatic rings. The molecule has 0 saturated carbocycles. The average Bonchev–Trinajstić information content (AvgIpc) is 2.83. The van der Waals surface area contributed by atoms with Gasteiger partial charge in [0.2, 0.25) is 0 Å². The van der Waals surface area contributed by atoms with Gasteiger partial charge in [0.1, 0.15) is 6.04 Å². The van der Waals surface area contributed by atoms with Crippen LogP contribution in [0.2, 0.25) is 0 Å². The summed E-state index contributed by atoms with van der Waals surface area (Å²) in [5.41, 5.74) is 1.24. The van der Waals surface area contributed by atoms with Crippen LogP contribution in [0.1, 0.15) is 22.1 Å². The molecule has 8 heteroatoms. The van der Waals surface area contributed by atoms with Crippen molar-refractivity contribution in [3.05, 3.63) is 40.1 Å². The molecule has 110 valence electrons. The topological polar surface area (TPSA) is 91.0 Å². The predicted molar refractivity (Wildman–Crippen MR) is 74.3 cm³/mol. The largest absolute Gasteiger partial charge is 0.377 e. The summed E-state index contributed by atoms with van der Waals surface area (Å²) in [6.45, 7) is 2.87. The molecule has 0 atom stereocenters. The van der Waals surface area contributed by atoms with Gasteiger partial charge in [-0.15, -0.1) is 5.10 Å². The summed E-state index contributed by atoms with van der Waals surface area (Å²) in [7, 11) is 1.64. The second-order valence-corrected chi connectivity index (χ2v) is 5.06. The van der Waals surface area contributed by atoms with E-state index in [2.05, 4.69) is 15.6 Å². The molecule has 2 aromatic heterocycles. The van der Waals surface area contributed by atoms with Crippen molar-refractivity contribution in [1.82, 2.24) is 19.6 Å². The van der Waals surface area contributed by atoms with E-state index >= 15 is 0 Å². The van der Waals surface area contributed by atoms with Crippen LogP contribution in [0.15, 0.2) is 23.3 Å². The van der Waals surface area contributed by atoms with E-state index in [1.165, 1.54) is 4.57 Å². The zero-order valence-corrected chi connectivity index (χ0v) is 11.7. The van der Waals surface area contributed by atoms with Gasteiger partial charge in [-0.2, -0.15) is 0 Å². The van der Waals surface area contributed by atoms with E-state index in [9.17, 15) is 9.59 Å². The summed E-state index contributed by atoms with van der Waals surface area (Å²) < 4.78 is 8.12. The number of nitrogens with one attached hydrogen (secondary N) is 1. The molecule has 0 bridgehead atoms. The highest BCUT2D eigenvalue weighted by Gasteiger charge is 2.23. The Labute approximate surface area is 120 Å². The van der Waals surface area contributed by atoms with E-state index < -0.39 is 0 Å². The third-order valence-corrected chi connectivity index (χ3v) is 3.36. The minimum atomic E-state index is -0.362. The molecule has 8 nitrogen and oxygen atoms in total. The lowest BCUT2D eigenvalue weighted by atomic mass is 10.2. The highest BCUT2D eigenvalue weighted by molar-refractivity contribution is 6.02. The Bertz CT molecular complexity index is 718. The van der Waals surface area contributed by atoms with Gasteiger partial charge in [-0.05, 0) is 13.0 Å². The van der Waals surface area contributed by atoms with Crippen LogP contribution in [0, 0.1) is 6.92 Å². The first-order valence-corrected chi connectivity index (χ1v) is 6.53. The number of anilines is 1. The van der Waals surface area contributed by atoms with E-state index in [1.807, 2.05) is 0 Å². The van der Waals surface area contributed by atoms with Gasteiger partial charge in [-0.25, -0.2) is 4.68 Å². The van der Waals surface area contributed by atoms with Gasteiger partial charge >= 0.3 is 0 Å². The van der Waals surface area contributed by atoms with Crippen LogP contribution in [0.25, 0.3) is 0 Å². The Morgan fingerprint density at radius 3 is 2.81 bits per heavy atom. The zero-order chi connectivity index (χ0) is 15.0. The third-order valence-electron chi connectivity index (χ3n) is 3.36. The van der Waals surface area contributed by atoms with E-state index in [-0.39, 0.29) is 23.2 Å². The second kappa shape index (κ2) is 5.13. The molecule has 3 heterocycles. The van der Waals surface area contributed by atoms with E-state index in [1.54, 1.807) is 37.1 Å². The van der Waals surface area contributed by atoms with Gasteiger partial charge in [-0.3, -0.25) is 9.59 Å². The number of amides is 1. The molecule has 1 fully saturated rings. The Morgan fingerprint density at radius 2 is 2.19 bits per heavy atom. The van der Waals surface area contributed by atoms with Gasteiger partial charge in [-0.1, -0.05) is 5.21 Å². The SMILES string of the molecule is Cc1cc(NC(=O)c2cn(C3COC3)nn2)cn(C)c1=O. The Hall–Kier alpha value is -2.48. The smallest absolute Gasteiger partial charge is 0.277 e. The number of carbonyl (C=O) groups is 1. The number of ether oxygens (including phenoxy) is 1. The van der Waals surface area contributed by atoms with Crippen molar-refractivity contribution in [2.75, 3.05) is 18.5 Å². The lowest BCUT2D eigenvalue weighted by Crippen LogP contribution is -2.31. The van der Waals surface area contributed by atoms with Crippen LogP contribution in [0.4, 0.5) is 5.69 Å². The maximum atomic E-state index is 12.1. The normalized spacial score (nSPS) is 14.8. The van der Waals surface area contributed by atoms with Gasteiger partial charge in [0.25, 0.3) is 11.5 Å². The fraction of sp³-hybridized carbons (Fsp3) is 0.385. The summed E-state index contributed by atoms with van der Waals surface area (Å²) in [6.07, 6.45) is 3.16. The van der Waals surface area contributed by atoms with Gasteiger partial charge < -0.3 is 14.6 Å². The van der Waals surface area contributed by atoms with E-state index in [0.29, 0.717) is 24.5 Å². The summed E-state index contributed by atoms with van der Waals surface area (Å²) in [4.78, 5) is 23.7. The minimum absolute atomic E-state index is 0.0936. The van der Waals surface area contributed by atoms with Crippen molar-refractivity contribution in [3.63, 3.8) is 0 Å². The molecule has 1 N–H and O–H groups in total. The lowest BCUT2D eigenvalue weighted by molar-refractivity contribution is -0.0293. The monoisotopic (exact) mass is 289 g/mol. The fourth-order valence-electron chi connectivity index (χ4n) is 2.08. The van der Waals surface area contributed by atoms with E-state index in [4.69, 9.17) is 4.74 Å². The standard InChI is InChI=1S/C13H15N5O3/c1-8-3-9(4-17(2)13(8)20)14-12(19)11-5-18(16-15-11)10-6-21-7-10/h3-5,10H,6-7H2,1-2H3,(H,14,19). The van der Waals surface area contributed by atoms with Crippen LogP contribution >= 0.6 is 0 Å². The minimum Gasteiger partial charge on any atom is -0.377 e. The van der Waals surface area contributed by atoms with Crippen molar-refractivity contribution in [2.45, 2.75) is 13.0 Å². The van der Waals surface area contributed by atoms with Crippen LogP contribution in [0.5, 0.6) is 0 Å². The number of rotatable bonds is 3. The molecule has 0 aromatic carbocycles. The second-order valence-electron chi connectivity index (χ2n) is 5.06. The molecule has 0 unspecified atom stereocenters. The van der Waals surface area contributed by atoms with Crippen molar-refractivity contribution in [3.8, 4) is 0 Å². The van der Waals surface area contributed by atoms with Crippen molar-refractivity contribution in [2.24, 2.45) is 7.05 Å². The van der Waals surface area contributed by atoms with Gasteiger partial charge in [0.15, 0.2) is 5.69 Å². The maximum absolute atomic E-state index is 12.1. The maximum Gasteiger partial charge on any atom is 0.277 e. The van der Waals surface area contributed by atoms with Crippen LogP contribution in [-0.2, 0) is 11.8 Å². The van der Waals surface area contributed by atoms with Crippen molar-refractivity contribution >= 4 is 11.6 Å². The number of aromatic nitrogens is 4. The summed E-state index contributed by atoms with van der Waals surface area (Å²) >= 11 is 0. The quantitative estimate of drug-likeness (QED) is 0.866. The molecular weight excluding hydrogens is 274 g/mol. The molecule has 1 saturated heterocycles. The number of nitrogens with zero attached hydrogens (tertiary/aromatic N) is 4. The molecular formula is C13H15N5O3. The highest BCUT2D eigenvalue weighted by Crippen LogP contribution is 2.16. The number of carbonyl (C=O) groups excluding carboxylic acids is 1. The number of hydrogen-bond donors (Lipinski definition) is 1. The highest BCUT2D eigenvalue weighted by atomic mass is 16.5. The molecule has 0 aliphatic carbocycles. The third kappa shape index (κ3) is 2.57. The van der Waals surface area contributed by atoms with Crippen molar-refractivity contribution < 1.29 is 9.53 Å². The first-order valence-electron chi connectivity index (χ1n) is 6.53. The number of hydrogen-bond acceptors (Lipinski definition) is 5. The molecule has 0 radical (unpaired) electrons. The molecule has 1 amide bonds. The molecule has 1 aliphatic heterocycles. The Morgan fingerprint density at radius 1 is 1.43 bits per heavy atom. The van der Waals surface area contributed by atoms with Crippen LogP contribution < -0.4 is 10.9 Å².